The molecule has 20 N–H and O–H groups in total. The lowest BCUT2D eigenvalue weighted by molar-refractivity contribution is -0.148. The Labute approximate surface area is 387 Å². The van der Waals surface area contributed by atoms with E-state index in [-0.39, 0.29) is 120 Å². The van der Waals surface area contributed by atoms with Gasteiger partial charge >= 0.3 is 84.0 Å². The second kappa shape index (κ2) is 57.5. The fourth-order valence-electron chi connectivity index (χ4n) is 2.10. The molecule has 0 amide bonds. The van der Waals surface area contributed by atoms with Crippen LogP contribution in [-0.4, -0.2) is 169 Å². The van der Waals surface area contributed by atoms with Gasteiger partial charge in [-0.25, -0.2) is 9.59 Å². The van der Waals surface area contributed by atoms with E-state index in [1.807, 2.05) is 0 Å². The molecule has 0 spiro atoms. The van der Waals surface area contributed by atoms with Crippen molar-refractivity contribution in [1.29, 1.82) is 0 Å². The van der Waals surface area contributed by atoms with Crippen LogP contribution in [0.25, 0.3) is 0 Å². The lowest BCUT2D eigenvalue weighted by atomic mass is 10.2. The van der Waals surface area contributed by atoms with Gasteiger partial charge in [0.15, 0.2) is 37.0 Å². The van der Waals surface area contributed by atoms with Crippen molar-refractivity contribution in [2.24, 2.45) is 22.9 Å². The van der Waals surface area contributed by atoms with Gasteiger partial charge in [-0.05, 0) is 27.4 Å². The van der Waals surface area contributed by atoms with Crippen LogP contribution in [0.15, 0.2) is 0 Å². The number of hydrogen-bond acceptors (Lipinski definition) is 18. The molecule has 0 saturated carbocycles. The highest BCUT2D eigenvalue weighted by Gasteiger charge is 2.22. The molecule has 0 fully saturated rings. The van der Waals surface area contributed by atoms with Crippen molar-refractivity contribution >= 4 is 95.5 Å². The molecule has 0 aliphatic carbocycles. The monoisotopic (exact) mass is 1090 g/mol. The van der Waals surface area contributed by atoms with Gasteiger partial charge in [0, 0.05) is 25.7 Å². The maximum Gasteiger partial charge on any atom is 0.505 e. The third-order valence-electron chi connectivity index (χ3n) is 5.33. The topological polar surface area (TPSA) is 586 Å². The summed E-state index contributed by atoms with van der Waals surface area (Å²) in [5, 5.41) is 48.7. The smallest absolute Gasteiger partial charge is 0.480 e. The van der Waals surface area contributed by atoms with Gasteiger partial charge in [0.1, 0.15) is 24.2 Å². The number of Topliss-reactive ketones (excluding diaryl/α,β-unsaturated/α-hetero) is 2. The highest BCUT2D eigenvalue weighted by molar-refractivity contribution is 7.39. The molecule has 0 bridgehead atoms. The molecular weight excluding hydrogens is 1020 g/mol. The fraction of sp³-hybridized carbons (Fsp3) is 0.733. The van der Waals surface area contributed by atoms with Crippen LogP contribution >= 0.6 is 48.2 Å². The molecule has 392 valence electrons. The van der Waals surface area contributed by atoms with E-state index in [0.717, 1.165) is 0 Å². The van der Waals surface area contributed by atoms with Gasteiger partial charge in [-0.1, -0.05) is 44.6 Å². The van der Waals surface area contributed by atoms with E-state index >= 15 is 0 Å². The van der Waals surface area contributed by atoms with Crippen LogP contribution in [0.2, 0.25) is 0 Å². The summed E-state index contributed by atoms with van der Waals surface area (Å²) in [5.74, 6) is -9.74. The molecule has 0 rings (SSSR count). The van der Waals surface area contributed by atoms with Crippen LogP contribution in [0.5, 0.6) is 0 Å². The summed E-state index contributed by atoms with van der Waals surface area (Å²) in [6.45, 7) is 0. The molecule has 0 radical (unpaired) electrons. The summed E-state index contributed by atoms with van der Waals surface area (Å²) >= 11 is 0. The van der Waals surface area contributed by atoms with Crippen molar-refractivity contribution in [1.82, 2.24) is 0 Å². The Hall–Kier alpha value is -3.64. The van der Waals surface area contributed by atoms with E-state index in [1.54, 1.807) is 0 Å². The summed E-state index contributed by atoms with van der Waals surface area (Å²) < 4.78 is 60.0. The second-order valence-corrected chi connectivity index (χ2v) is 17.3. The first-order chi connectivity index (χ1) is 27.2. The Kier molecular flexibility index (Phi) is 80.6. The zero-order valence-corrected chi connectivity index (χ0v) is 36.2. The van der Waals surface area contributed by atoms with Gasteiger partial charge in [-0.2, -0.15) is 29.4 Å². The lowest BCUT2D eigenvalue weighted by Gasteiger charge is -1.98. The van der Waals surface area contributed by atoms with E-state index in [2.05, 4.69) is 0 Å². The van der Waals surface area contributed by atoms with Crippen molar-refractivity contribution in [3.05, 3.63) is 0 Å². The van der Waals surface area contributed by atoms with Crippen LogP contribution in [-0.2, 0) is 65.7 Å². The summed E-state index contributed by atoms with van der Waals surface area (Å²) in [6, 6.07) is -4.09. The molecular formula is C30H72N4O26P6+6. The second-order valence-electron chi connectivity index (χ2n) is 10.3. The molecule has 0 aromatic heterocycles. The normalized spacial score (nSPS) is 12.0. The van der Waals surface area contributed by atoms with Crippen molar-refractivity contribution in [3.63, 3.8) is 0 Å². The summed E-state index contributed by atoms with van der Waals surface area (Å²) in [6.07, 6.45) is -1.34. The molecule has 0 aromatic rings. The van der Waals surface area contributed by atoms with Gasteiger partial charge in [0.25, 0.3) is 0 Å². The van der Waals surface area contributed by atoms with Crippen molar-refractivity contribution in [2.45, 2.75) is 107 Å². The standard InChI is InChI=1S/4C4H8NO4P.2C4H5O5P.6CH4/c6*5-3(4(6)7)1-2-10(8)9;;;;;;/h4*3H,1-2,5H2,(H-,6,7,8,9);2*1-2H2,(H-,6,7,8,9);6*1H4/p+6/t4*3-;;;;;;;;/m1000......../s1. The Morgan fingerprint density at radius 2 is 0.455 bits per heavy atom. The van der Waals surface area contributed by atoms with Crippen LogP contribution in [0.4, 0.5) is 0 Å². The maximum absolute atomic E-state index is 10.2. The average molecular weight is 1090 g/mol. The zero-order valence-electron chi connectivity index (χ0n) is 30.9. The highest BCUT2D eigenvalue weighted by Crippen LogP contribution is 2.17. The predicted octanol–water partition coefficient (Wildman–Crippen LogP) is 1.44. The first-order valence-electron chi connectivity index (χ1n) is 15.5. The Balaban J connectivity index is -0.0000000521. The SMILES string of the molecule is C.C.C.C.C.C.N[C@@H](CC[P+](=O)O)C(=O)O.N[C@@H](CC[P+](=O)O)C(=O)O.N[C@@H](CC[P+](=O)O)C(=O)O.N[C@H](CC[P+](=O)O)C(=O)O.O=C(O)C(=O)CC[P+](=O)O.O=C(O)C(=O)CC[P+](=O)O. The minimum absolute atomic E-state index is 0. The van der Waals surface area contributed by atoms with Gasteiger partial charge in [-0.3, -0.25) is 28.8 Å². The Bertz CT molecular complexity index is 1330. The van der Waals surface area contributed by atoms with Gasteiger partial charge in [0.2, 0.25) is 11.6 Å². The van der Waals surface area contributed by atoms with Crippen LogP contribution in [0.1, 0.15) is 83.1 Å². The zero-order chi connectivity index (χ0) is 48.9. The predicted molar refractivity (Wildman–Crippen MR) is 244 cm³/mol. The molecule has 0 aliphatic rings. The number of nitrogens with two attached hydrogens (primary N) is 4. The average Bonchev–Trinajstić information content (AvgIpc) is 3.12. The molecule has 0 aromatic carbocycles. The summed E-state index contributed by atoms with van der Waals surface area (Å²) in [4.78, 5) is 129. The third kappa shape index (κ3) is 83.9. The van der Waals surface area contributed by atoms with E-state index in [1.165, 1.54) is 0 Å². The first-order valence-corrected chi connectivity index (χ1v) is 23.9. The maximum atomic E-state index is 10.2. The minimum Gasteiger partial charge on any atom is -0.480 e. The van der Waals surface area contributed by atoms with Crippen molar-refractivity contribution in [2.75, 3.05) is 37.0 Å². The molecule has 10 atom stereocenters. The largest absolute Gasteiger partial charge is 0.505 e. The molecule has 0 aliphatic heterocycles. The third-order valence-corrected chi connectivity index (χ3v) is 9.11. The first kappa shape index (κ1) is 92.6. The number of carbonyl (C=O) groups excluding carboxylic acids is 2. The van der Waals surface area contributed by atoms with E-state index in [0.29, 0.717) is 0 Å². The Morgan fingerprint density at radius 1 is 0.318 bits per heavy atom. The fourth-order valence-corrected chi connectivity index (χ4v) is 4.89. The van der Waals surface area contributed by atoms with Crippen LogP contribution in [0.3, 0.4) is 0 Å². The van der Waals surface area contributed by atoms with Gasteiger partial charge in [0.05, 0.1) is 12.8 Å². The van der Waals surface area contributed by atoms with Gasteiger partial charge in [-0.15, -0.1) is 0 Å². The number of ketones is 2. The highest BCUT2D eigenvalue weighted by atomic mass is 31.1. The number of carboxylic acid groups (broad SMARTS) is 6. The number of carbonyl (C=O) groups is 8. The Morgan fingerprint density at radius 3 is 0.545 bits per heavy atom. The molecule has 66 heavy (non-hydrogen) atoms. The molecule has 30 nitrogen and oxygen atoms in total. The molecule has 36 heteroatoms. The van der Waals surface area contributed by atoms with Crippen LogP contribution in [0, 0.1) is 0 Å². The summed E-state index contributed by atoms with van der Waals surface area (Å²) in [7, 11) is -13.8. The molecule has 0 saturated heterocycles. The van der Waals surface area contributed by atoms with Crippen LogP contribution < -0.4 is 22.9 Å². The molecule has 6 unspecified atom stereocenters. The number of carboxylic acids is 6. The number of aliphatic carboxylic acids is 6. The van der Waals surface area contributed by atoms with E-state index in [4.69, 9.17) is 82.9 Å². The quantitative estimate of drug-likeness (QED) is 0.0480. The number of hydrogen-bond donors (Lipinski definition) is 16. The van der Waals surface area contributed by atoms with Crippen molar-refractivity contribution in [3.8, 4) is 0 Å². The van der Waals surface area contributed by atoms with Crippen molar-refractivity contribution < 1.29 is 126 Å². The van der Waals surface area contributed by atoms with E-state index < -0.39 is 120 Å². The molecule has 0 heterocycles. The lowest BCUT2D eigenvalue weighted by Crippen LogP contribution is -2.30. The van der Waals surface area contributed by atoms with E-state index in [9.17, 15) is 65.7 Å². The minimum atomic E-state index is -2.39. The number of rotatable bonds is 24. The summed E-state index contributed by atoms with van der Waals surface area (Å²) in [5.41, 5.74) is 20.1. The van der Waals surface area contributed by atoms with Gasteiger partial charge < -0.3 is 53.6 Å².